The summed E-state index contributed by atoms with van der Waals surface area (Å²) in [7, 11) is -15.2. The number of allylic oxidation sites excluding steroid dienone is 3. The molecule has 0 bridgehead atoms. The topological polar surface area (TPSA) is 140 Å². The summed E-state index contributed by atoms with van der Waals surface area (Å²) in [5.74, 6) is 0. The Labute approximate surface area is 406 Å². The Morgan fingerprint density at radius 2 is 0.785 bits per heavy atom. The van der Waals surface area contributed by atoms with Gasteiger partial charge in [-0.3, -0.25) is 0 Å². The minimum atomic E-state index is -3.97. The normalized spacial score (nSPS) is 26.3. The van der Waals surface area contributed by atoms with E-state index >= 15 is 0 Å². The lowest BCUT2D eigenvalue weighted by Gasteiger charge is -2.37. The van der Waals surface area contributed by atoms with Gasteiger partial charge in [0, 0.05) is 45.3 Å². The molecule has 4 unspecified atom stereocenters. The Balaban J connectivity index is 0.000000189. The number of benzene rings is 6. The standard InChI is InChI=1S/C25H19NO4S2.C14H12.C12H9BrO4S2.4H2/c27-31(28)22-11-5-6-12-23(22)32(29,30)25-16-19(13-14-24(25)31)26-20-9-3-1-7-17(20)15-18-8-2-4-10-21(18)26;1-2-6-12-10-14-8-4-3-7-13(14)9-11(12)5-1;13-8-5-6-11-12(7-8)19(16,17)10-4-2-1-3-9(10)18(11,14)15;;;;/h1-14,16,24-25H,15H2;1-8H,9-10H2;1-7,11-12H;4*1H/i15D2;9D2;;4*1+1D. The van der Waals surface area contributed by atoms with Crippen LogP contribution in [-0.4, -0.2) is 54.7 Å². The minimum absolute atomic E-state index is 0.104. The average Bonchev–Trinajstić information content (AvgIpc) is 3.46. The molecule has 12 rings (SSSR count). The van der Waals surface area contributed by atoms with E-state index in [9.17, 15) is 33.7 Å². The van der Waals surface area contributed by atoms with Crippen LogP contribution < -0.4 is 4.90 Å². The number of halogens is 1. The molecule has 0 saturated heterocycles. The van der Waals surface area contributed by atoms with Crippen molar-refractivity contribution in [3.63, 3.8) is 0 Å². The van der Waals surface area contributed by atoms with E-state index in [1.807, 2.05) is 48.5 Å². The number of rotatable bonds is 1. The summed E-state index contributed by atoms with van der Waals surface area (Å²) in [4.78, 5) is 1.24. The molecule has 6 aromatic rings. The van der Waals surface area contributed by atoms with Gasteiger partial charge in [0.1, 0.15) is 21.0 Å². The van der Waals surface area contributed by atoms with E-state index in [1.165, 1.54) is 72.8 Å². The van der Waals surface area contributed by atoms with Gasteiger partial charge in [0.15, 0.2) is 39.3 Å². The monoisotopic (exact) mass is 1020 g/mol. The Morgan fingerprint density at radius 1 is 0.446 bits per heavy atom. The predicted molar refractivity (Wildman–Crippen MR) is 265 cm³/mol. The van der Waals surface area contributed by atoms with Crippen molar-refractivity contribution in [1.82, 2.24) is 0 Å². The number of fused-ring (bicyclic) bond motifs is 8. The number of hydrogen-bond acceptors (Lipinski definition) is 9. The molecule has 6 aromatic carbocycles. The number of nitrogens with zero attached hydrogens (tertiary/aromatic N) is 1. The molecule has 0 N–H and O–H groups in total. The SMILES string of the molecule is O=S1(=O)c2ccccc2S(=O)(=O)C2C=C(Br)C=CC21.[2H]C1([2H])c2ccccc2Cc2ccccc21.[2H]C1([2H])c2ccccc2N(C2=CC3C(C=C2)S(=O)(=O)c2ccccc2S3(=O)=O)c2ccccc21.[2H][2H].[2H][2H].[2H][2H].[2H][2H]. The molecule has 0 spiro atoms. The van der Waals surface area contributed by atoms with Crippen LogP contribution in [0.5, 0.6) is 0 Å². The van der Waals surface area contributed by atoms with Crippen LogP contribution in [0.3, 0.4) is 0 Å². The summed E-state index contributed by atoms with van der Waals surface area (Å²) in [6, 6.07) is 41.2. The highest BCUT2D eigenvalue weighted by Crippen LogP contribution is 2.46. The van der Waals surface area contributed by atoms with Crippen LogP contribution in [0, 0.1) is 0 Å². The Bertz CT molecular complexity index is 3670. The fraction of sp³-hybridized carbons (Fsp3) is 0.137. The van der Waals surface area contributed by atoms with Crippen molar-refractivity contribution in [2.75, 3.05) is 4.90 Å². The fourth-order valence-electron chi connectivity index (χ4n) is 8.94. The molecule has 3 aliphatic heterocycles. The van der Waals surface area contributed by atoms with Crippen LogP contribution in [0.1, 0.15) is 50.7 Å². The Kier molecular flexibility index (Phi) is 8.72. The van der Waals surface area contributed by atoms with Gasteiger partial charge in [-0.1, -0.05) is 149 Å². The molecule has 0 radical (unpaired) electrons. The lowest BCUT2D eigenvalue weighted by Crippen LogP contribution is -2.44. The first-order valence-electron chi connectivity index (χ1n) is 26.4. The van der Waals surface area contributed by atoms with Crippen LogP contribution in [0.4, 0.5) is 11.4 Å². The van der Waals surface area contributed by atoms with E-state index in [2.05, 4.69) is 15.9 Å². The molecule has 3 heterocycles. The van der Waals surface area contributed by atoms with E-state index < -0.39 is 73.1 Å². The zero-order valence-electron chi connectivity index (χ0n) is 46.1. The van der Waals surface area contributed by atoms with Crippen LogP contribution in [0.25, 0.3) is 0 Å². The Hall–Kier alpha value is -5.64. The van der Waals surface area contributed by atoms with E-state index in [0.29, 0.717) is 32.7 Å². The molecule has 0 fully saturated rings. The summed E-state index contributed by atoms with van der Waals surface area (Å²) in [5.41, 5.74) is 6.38. The second kappa shape index (κ2) is 16.4. The molecule has 4 atom stereocenters. The number of sulfone groups is 4. The zero-order valence-corrected chi connectivity index (χ0v) is 38.9. The summed E-state index contributed by atoms with van der Waals surface area (Å²) in [5, 5.41) is -4.62. The second-order valence-corrected chi connectivity index (χ2v) is 25.1. The van der Waals surface area contributed by atoms with E-state index in [1.54, 1.807) is 65.6 Å². The van der Waals surface area contributed by atoms with Gasteiger partial charge in [-0.15, -0.1) is 0 Å². The molecular formula is C51H48BrNO8S4. The molecule has 14 heteroatoms. The van der Waals surface area contributed by atoms with Gasteiger partial charge in [-0.25, -0.2) is 33.7 Å². The molecule has 3 aliphatic carbocycles. The highest BCUT2D eigenvalue weighted by molar-refractivity contribution is 9.11. The van der Waals surface area contributed by atoms with Gasteiger partial charge in [0.2, 0.25) is 0 Å². The lowest BCUT2D eigenvalue weighted by molar-refractivity contribution is 0.559. The summed E-state index contributed by atoms with van der Waals surface area (Å²) in [6.45, 7) is 0. The summed E-state index contributed by atoms with van der Waals surface area (Å²) in [6.07, 6.45) is 6.73. The van der Waals surface area contributed by atoms with Gasteiger partial charge in [0.05, 0.1) is 19.6 Å². The maximum absolute atomic E-state index is 13.5. The molecule has 0 saturated carbocycles. The van der Waals surface area contributed by atoms with Gasteiger partial charge in [-0.05, 0) is 94.7 Å². The molecule has 0 aromatic heterocycles. The van der Waals surface area contributed by atoms with Crippen molar-refractivity contribution in [2.45, 2.75) is 59.7 Å². The number of hydrogen-bond donors (Lipinski definition) is 0. The third-order valence-corrected chi connectivity index (χ3v) is 21.7. The predicted octanol–water partition coefficient (Wildman–Crippen LogP) is 10.2. The molecule has 65 heavy (non-hydrogen) atoms. The van der Waals surface area contributed by atoms with Crippen molar-refractivity contribution in [3.8, 4) is 0 Å². The van der Waals surface area contributed by atoms with Crippen molar-refractivity contribution < 1.29 is 51.0 Å². The van der Waals surface area contributed by atoms with E-state index in [-0.39, 0.29) is 19.6 Å². The third-order valence-electron chi connectivity index (χ3n) is 12.1. The first kappa shape index (κ1) is 34.7. The number of anilines is 2. The van der Waals surface area contributed by atoms with Gasteiger partial charge >= 0.3 is 0 Å². The van der Waals surface area contributed by atoms with Gasteiger partial charge in [0.25, 0.3) is 0 Å². The Morgan fingerprint density at radius 3 is 1.25 bits per heavy atom. The van der Waals surface area contributed by atoms with Gasteiger partial charge < -0.3 is 4.90 Å². The first-order chi connectivity index (χ1) is 36.7. The van der Waals surface area contributed by atoms with E-state index in [4.69, 9.17) is 17.4 Å². The highest BCUT2D eigenvalue weighted by Gasteiger charge is 2.50. The molecule has 0 amide bonds. The minimum Gasteiger partial charge on any atom is -0.310 e. The summed E-state index contributed by atoms with van der Waals surface area (Å²) >= 11 is 3.19. The average molecular weight is 1020 g/mol. The van der Waals surface area contributed by atoms with Crippen molar-refractivity contribution in [3.05, 3.63) is 226 Å². The smallest absolute Gasteiger partial charge is 0.187 e. The van der Waals surface area contributed by atoms with E-state index in [0.717, 1.165) is 28.7 Å². The third kappa shape index (κ3) is 7.39. The second-order valence-electron chi connectivity index (χ2n) is 15.9. The quantitative estimate of drug-likeness (QED) is 0.157. The molecule has 336 valence electrons. The van der Waals surface area contributed by atoms with Crippen molar-refractivity contribution in [1.29, 1.82) is 0 Å². The van der Waals surface area contributed by atoms with Crippen molar-refractivity contribution >= 4 is 66.7 Å². The maximum atomic E-state index is 13.5. The first-order valence-corrected chi connectivity index (χ1v) is 27.4. The number of para-hydroxylation sites is 2. The molecule has 9 nitrogen and oxygen atoms in total. The molecule has 6 aliphatic rings. The van der Waals surface area contributed by atoms with Crippen LogP contribution in [-0.2, 0) is 58.5 Å². The lowest BCUT2D eigenvalue weighted by atomic mass is 9.86. The highest BCUT2D eigenvalue weighted by atomic mass is 79.9. The molecular weight excluding hydrogens is 963 g/mol. The maximum Gasteiger partial charge on any atom is 0.187 e. The van der Waals surface area contributed by atoms with Crippen molar-refractivity contribution in [2.24, 2.45) is 0 Å². The zero-order chi connectivity index (χ0) is 56.9. The van der Waals surface area contributed by atoms with Crippen LogP contribution in [0.15, 0.2) is 212 Å². The van der Waals surface area contributed by atoms with Gasteiger partial charge in [-0.2, -0.15) is 0 Å². The largest absolute Gasteiger partial charge is 0.310 e. The fourth-order valence-corrected chi connectivity index (χ4v) is 19.3. The van der Waals surface area contributed by atoms with Crippen LogP contribution in [0.2, 0.25) is 0 Å². The van der Waals surface area contributed by atoms with Crippen LogP contribution >= 0.6 is 15.9 Å². The summed E-state index contributed by atoms with van der Waals surface area (Å²) < 4.78 is 178.